The molecule has 4 aromatic rings. The molecule has 0 saturated heterocycles. The Morgan fingerprint density at radius 3 is 1.32 bits per heavy atom. The summed E-state index contributed by atoms with van der Waals surface area (Å²) in [5.74, 6) is 0.283. The van der Waals surface area contributed by atoms with Gasteiger partial charge in [0.1, 0.15) is 0 Å². The summed E-state index contributed by atoms with van der Waals surface area (Å²) in [7, 11) is 17.9. The molecule has 2 unspecified atom stereocenters. The van der Waals surface area contributed by atoms with Gasteiger partial charge in [0, 0.05) is 0 Å². The first-order valence-electron chi connectivity index (χ1n) is 20.8. The molecular formula is C48H58BCl2HfN2O2. The van der Waals surface area contributed by atoms with Crippen LogP contribution in [0.3, 0.4) is 0 Å². The molecule has 2 aliphatic rings. The predicted molar refractivity (Wildman–Crippen MR) is 238 cm³/mol. The number of hydrogen-bond donors (Lipinski definition) is 2. The van der Waals surface area contributed by atoms with E-state index in [1.54, 1.807) is 0 Å². The van der Waals surface area contributed by atoms with Crippen LogP contribution >= 0.6 is 17.2 Å². The van der Waals surface area contributed by atoms with Crippen LogP contribution in [-0.2, 0) is 25.5 Å². The van der Waals surface area contributed by atoms with Gasteiger partial charge in [0.25, 0.3) is 0 Å². The molecule has 0 fully saturated rings. The van der Waals surface area contributed by atoms with Crippen LogP contribution in [0, 0.1) is 0 Å². The quantitative estimate of drug-likeness (QED) is 0.117. The Balaban J connectivity index is 1.71. The molecule has 0 aliphatic heterocycles. The molecular weight excluding hydrogens is 897 g/mol. The molecule has 2 atom stereocenters. The number of nitrogens with one attached hydrogen (secondary N) is 2. The molecule has 8 heteroatoms. The Bertz CT molecular complexity index is 2040. The zero-order valence-electron chi connectivity index (χ0n) is 34.4. The first-order valence-corrected chi connectivity index (χ1v) is 35.9. The Morgan fingerprint density at radius 1 is 0.589 bits per heavy atom. The molecule has 2 aliphatic carbocycles. The predicted octanol–water partition coefficient (Wildman–Crippen LogP) is 13.5. The van der Waals surface area contributed by atoms with Gasteiger partial charge in [-0.3, -0.25) is 0 Å². The van der Waals surface area contributed by atoms with Gasteiger partial charge < -0.3 is 0 Å². The van der Waals surface area contributed by atoms with Gasteiger partial charge in [-0.15, -0.1) is 0 Å². The number of carbonyl (C=O) groups is 2. The van der Waals surface area contributed by atoms with Crippen molar-refractivity contribution in [3.63, 3.8) is 0 Å². The van der Waals surface area contributed by atoms with E-state index in [9.17, 15) is 9.59 Å². The van der Waals surface area contributed by atoms with Crippen molar-refractivity contribution in [3.8, 4) is 22.3 Å². The van der Waals surface area contributed by atoms with Crippen molar-refractivity contribution in [2.75, 3.05) is 0 Å². The van der Waals surface area contributed by atoms with Gasteiger partial charge in [-0.1, -0.05) is 0 Å². The molecule has 293 valence electrons. The van der Waals surface area contributed by atoms with Crippen LogP contribution in [0.15, 0.2) is 96.1 Å². The molecule has 0 radical (unpaired) electrons. The van der Waals surface area contributed by atoms with Crippen molar-refractivity contribution in [1.29, 1.82) is 0 Å². The zero-order chi connectivity index (χ0) is 40.4. The van der Waals surface area contributed by atoms with Crippen molar-refractivity contribution in [2.24, 2.45) is 0 Å². The summed E-state index contributed by atoms with van der Waals surface area (Å²) >= 11 is -6.16. The van der Waals surface area contributed by atoms with Gasteiger partial charge in [-0.05, 0) is 0 Å². The third-order valence-electron chi connectivity index (χ3n) is 12.0. The van der Waals surface area contributed by atoms with E-state index in [2.05, 4.69) is 149 Å². The average molecular weight is 955 g/mol. The van der Waals surface area contributed by atoms with E-state index in [1.165, 1.54) is 33.4 Å². The molecule has 0 bridgehead atoms. The van der Waals surface area contributed by atoms with E-state index in [-0.39, 0.29) is 32.0 Å². The summed E-state index contributed by atoms with van der Waals surface area (Å²) in [6.07, 6.45) is 8.57. The maximum absolute atomic E-state index is 13.7. The van der Waals surface area contributed by atoms with Crippen LogP contribution in [-0.4, -0.2) is 16.4 Å². The topological polar surface area (TPSA) is 58.2 Å². The van der Waals surface area contributed by atoms with Crippen LogP contribution in [0.1, 0.15) is 146 Å². The molecule has 6 rings (SSSR count). The SMILES string of the molecule is CCCC1=Cc2c(-c3ccccc3C(C)C)cccc2[CH]1[Hf]([Cl])([Cl])([B](NC(=O)CC)NC(=O)CC)[CH]1C(CCC)=Cc2c(-c3ccccc3C(C)C)cccc21. The third-order valence-corrected chi connectivity index (χ3v) is 40.6. The van der Waals surface area contributed by atoms with E-state index < -0.39 is 20.5 Å². The summed E-state index contributed by atoms with van der Waals surface area (Å²) in [5.41, 5.74) is 14.1. The van der Waals surface area contributed by atoms with E-state index >= 15 is 0 Å². The van der Waals surface area contributed by atoms with E-state index in [4.69, 9.17) is 17.2 Å². The first kappa shape index (κ1) is 42.4. The maximum atomic E-state index is 13.7. The van der Waals surface area contributed by atoms with Gasteiger partial charge in [0.05, 0.1) is 0 Å². The van der Waals surface area contributed by atoms with Crippen molar-refractivity contribution in [2.45, 2.75) is 113 Å². The van der Waals surface area contributed by atoms with Crippen molar-refractivity contribution in [1.82, 2.24) is 10.5 Å². The average Bonchev–Trinajstić information content (AvgIpc) is 3.77. The molecule has 4 aromatic carbocycles. The number of benzene rings is 4. The second-order valence-corrected chi connectivity index (χ2v) is 46.8. The van der Waals surface area contributed by atoms with Gasteiger partial charge in [-0.25, -0.2) is 0 Å². The van der Waals surface area contributed by atoms with Crippen molar-refractivity contribution < 1.29 is 25.5 Å². The summed E-state index contributed by atoms with van der Waals surface area (Å²) in [5, 5.41) is 6.61. The first-order chi connectivity index (χ1) is 26.8. The normalized spacial score (nSPS) is 16.8. The van der Waals surface area contributed by atoms with E-state index in [0.29, 0.717) is 11.8 Å². The van der Waals surface area contributed by atoms with E-state index in [0.717, 1.165) is 59.1 Å². The minimum atomic E-state index is -6.16. The summed E-state index contributed by atoms with van der Waals surface area (Å²) in [4.78, 5) is 27.4. The Kier molecular flexibility index (Phi) is 13.1. The number of allylic oxidation sites excluding steroid dienone is 2. The van der Waals surface area contributed by atoms with Gasteiger partial charge in [0.15, 0.2) is 0 Å². The Hall–Kier alpha value is -3.18. The van der Waals surface area contributed by atoms with Crippen LogP contribution in [0.2, 0.25) is 0 Å². The van der Waals surface area contributed by atoms with Gasteiger partial charge in [-0.2, -0.15) is 0 Å². The fourth-order valence-electron chi connectivity index (χ4n) is 9.54. The second-order valence-electron chi connectivity index (χ2n) is 16.4. The number of fused-ring (bicyclic) bond motifs is 2. The van der Waals surface area contributed by atoms with Crippen molar-refractivity contribution in [3.05, 3.63) is 129 Å². The molecule has 0 heterocycles. The number of halogens is 2. The minimum absolute atomic E-state index is 0.187. The molecule has 2 N–H and O–H groups in total. The van der Waals surface area contributed by atoms with Crippen LogP contribution in [0.5, 0.6) is 0 Å². The monoisotopic (exact) mass is 955 g/mol. The fourth-order valence-corrected chi connectivity index (χ4v) is 39.3. The van der Waals surface area contributed by atoms with Crippen molar-refractivity contribution >= 4 is 45.7 Å². The summed E-state index contributed by atoms with van der Waals surface area (Å²) in [6.45, 7) is 17.0. The summed E-state index contributed by atoms with van der Waals surface area (Å²) < 4.78 is -1.68. The molecule has 0 aromatic heterocycles. The van der Waals surface area contributed by atoms with Gasteiger partial charge in [0.2, 0.25) is 0 Å². The molecule has 56 heavy (non-hydrogen) atoms. The number of hydrogen-bond acceptors (Lipinski definition) is 2. The number of amides is 2. The second kappa shape index (κ2) is 17.4. The van der Waals surface area contributed by atoms with E-state index in [1.807, 2.05) is 13.8 Å². The number of rotatable bonds is 15. The standard InChI is InChI=1S/2C21H23.C6H11BN2O2.2ClH.Hf/c2*1-4-8-16-13-17-9-7-12-20(21(17)14-16)19-11-6-5-10-18(19)15(2)3;1-3-5(10)8-7-9-6(11)4-2;;;/h2*5-7,9-15H,4,8H2,1-3H3;3-4H2,1-2H3,(H-,8,9,10,11);2*1H;/q;;;;;+1/p-1. The Morgan fingerprint density at radius 2 is 0.964 bits per heavy atom. The summed E-state index contributed by atoms with van der Waals surface area (Å²) in [6, 6.07) is 30.5. The zero-order valence-corrected chi connectivity index (χ0v) is 39.5. The Labute approximate surface area is 344 Å². The van der Waals surface area contributed by atoms with Crippen LogP contribution in [0.4, 0.5) is 0 Å². The fraction of sp³-hybridized carbons (Fsp3) is 0.375. The van der Waals surface area contributed by atoms with Crippen LogP contribution in [0.25, 0.3) is 34.4 Å². The molecule has 2 amide bonds. The number of carbonyl (C=O) groups excluding carboxylic acids is 2. The molecule has 0 spiro atoms. The molecule has 0 saturated carbocycles. The molecule has 4 nitrogen and oxygen atoms in total. The van der Waals surface area contributed by atoms with Gasteiger partial charge >= 0.3 is 346 Å². The van der Waals surface area contributed by atoms with Crippen LogP contribution < -0.4 is 10.5 Å². The third kappa shape index (κ3) is 7.60.